The number of benzene rings is 1. The van der Waals surface area contributed by atoms with Crippen molar-refractivity contribution in [3.05, 3.63) is 52.8 Å². The summed E-state index contributed by atoms with van der Waals surface area (Å²) in [5.41, 5.74) is 3.10. The van der Waals surface area contributed by atoms with Gasteiger partial charge in [0.1, 0.15) is 5.75 Å². The standard InChI is InChI=1S/C21H22N2O4/c1-13-10-19(14(2)23(13)17-6-7-17)20(24)12-26-21(25)15(3)27-18-8-4-16(11-22)5-9-18/h4-5,8-10,15,17H,6-7,12H2,1-3H3/t15-/m0/s1. The van der Waals surface area contributed by atoms with Crippen molar-refractivity contribution >= 4 is 11.8 Å². The lowest BCUT2D eigenvalue weighted by Gasteiger charge is -2.14. The molecule has 0 amide bonds. The minimum atomic E-state index is -0.857. The molecule has 1 heterocycles. The van der Waals surface area contributed by atoms with Gasteiger partial charge in [0.05, 0.1) is 11.6 Å². The minimum Gasteiger partial charge on any atom is -0.479 e. The Labute approximate surface area is 158 Å². The molecule has 1 aliphatic carbocycles. The van der Waals surface area contributed by atoms with Crippen molar-refractivity contribution < 1.29 is 19.1 Å². The lowest BCUT2D eigenvalue weighted by Crippen LogP contribution is -2.28. The number of nitriles is 1. The lowest BCUT2D eigenvalue weighted by molar-refractivity contribution is -0.149. The van der Waals surface area contributed by atoms with Gasteiger partial charge in [0.2, 0.25) is 5.78 Å². The van der Waals surface area contributed by atoms with E-state index in [1.54, 1.807) is 31.2 Å². The van der Waals surface area contributed by atoms with Gasteiger partial charge in [-0.15, -0.1) is 0 Å². The number of Topliss-reactive ketones (excluding diaryl/α,β-unsaturated/α-hetero) is 1. The van der Waals surface area contributed by atoms with Crippen molar-refractivity contribution in [2.45, 2.75) is 45.8 Å². The van der Waals surface area contributed by atoms with E-state index < -0.39 is 12.1 Å². The van der Waals surface area contributed by atoms with Crippen LogP contribution in [0.25, 0.3) is 0 Å². The maximum Gasteiger partial charge on any atom is 0.347 e. The van der Waals surface area contributed by atoms with Crippen molar-refractivity contribution in [1.29, 1.82) is 5.26 Å². The van der Waals surface area contributed by atoms with Gasteiger partial charge in [-0.3, -0.25) is 4.79 Å². The Morgan fingerprint density at radius 3 is 2.52 bits per heavy atom. The van der Waals surface area contributed by atoms with Gasteiger partial charge in [-0.1, -0.05) is 0 Å². The Kier molecular flexibility index (Phi) is 5.31. The summed E-state index contributed by atoms with van der Waals surface area (Å²) in [6, 6.07) is 10.8. The third-order valence-electron chi connectivity index (χ3n) is 4.67. The molecule has 140 valence electrons. The van der Waals surface area contributed by atoms with Crippen LogP contribution in [0.5, 0.6) is 5.75 Å². The Balaban J connectivity index is 1.55. The largest absolute Gasteiger partial charge is 0.479 e. The van der Waals surface area contributed by atoms with Crippen LogP contribution in [0.3, 0.4) is 0 Å². The minimum absolute atomic E-state index is 0.214. The average molecular weight is 366 g/mol. The fraction of sp³-hybridized carbons (Fsp3) is 0.381. The number of hydrogen-bond acceptors (Lipinski definition) is 5. The molecular weight excluding hydrogens is 344 g/mol. The summed E-state index contributed by atoms with van der Waals surface area (Å²) in [5, 5.41) is 8.79. The zero-order valence-electron chi connectivity index (χ0n) is 15.7. The van der Waals surface area contributed by atoms with Crippen LogP contribution in [0, 0.1) is 25.2 Å². The highest BCUT2D eigenvalue weighted by Gasteiger charge is 2.28. The number of carbonyl (C=O) groups excluding carboxylic acids is 2. The third kappa shape index (κ3) is 4.20. The SMILES string of the molecule is Cc1cc(C(=O)COC(=O)[C@H](C)Oc2ccc(C#N)cc2)c(C)n1C1CC1. The first kappa shape index (κ1) is 18.7. The van der Waals surface area contributed by atoms with E-state index in [9.17, 15) is 9.59 Å². The number of esters is 1. The van der Waals surface area contributed by atoms with E-state index in [4.69, 9.17) is 14.7 Å². The van der Waals surface area contributed by atoms with Crippen molar-refractivity contribution in [2.24, 2.45) is 0 Å². The molecule has 0 bridgehead atoms. The molecule has 2 aromatic rings. The van der Waals surface area contributed by atoms with Gasteiger partial charge in [-0.05, 0) is 63.9 Å². The molecule has 27 heavy (non-hydrogen) atoms. The van der Waals surface area contributed by atoms with Crippen LogP contribution in [0.1, 0.15) is 53.1 Å². The molecule has 0 spiro atoms. The maximum absolute atomic E-state index is 12.5. The van der Waals surface area contributed by atoms with Crippen molar-refractivity contribution in [3.63, 3.8) is 0 Å². The van der Waals surface area contributed by atoms with Crippen LogP contribution in [0.4, 0.5) is 0 Å². The molecule has 6 heteroatoms. The molecule has 1 atom stereocenters. The predicted octanol–water partition coefficient (Wildman–Crippen LogP) is 3.50. The van der Waals surface area contributed by atoms with Crippen LogP contribution < -0.4 is 4.74 Å². The van der Waals surface area contributed by atoms with Gasteiger partial charge in [-0.25, -0.2) is 4.79 Å². The number of ketones is 1. The van der Waals surface area contributed by atoms with E-state index in [0.29, 0.717) is 22.9 Å². The first-order chi connectivity index (χ1) is 12.9. The number of hydrogen-bond donors (Lipinski definition) is 0. The fourth-order valence-corrected chi connectivity index (χ4v) is 3.15. The van der Waals surface area contributed by atoms with Crippen molar-refractivity contribution in [1.82, 2.24) is 4.57 Å². The van der Waals surface area contributed by atoms with Crippen LogP contribution in [0.2, 0.25) is 0 Å². The number of nitrogens with zero attached hydrogens (tertiary/aromatic N) is 2. The Hall–Kier alpha value is -3.07. The van der Waals surface area contributed by atoms with Crippen LogP contribution in [-0.4, -0.2) is 29.0 Å². The summed E-state index contributed by atoms with van der Waals surface area (Å²) in [6.45, 7) is 5.16. The molecule has 1 aromatic carbocycles. The third-order valence-corrected chi connectivity index (χ3v) is 4.67. The highest BCUT2D eigenvalue weighted by Crippen LogP contribution is 2.38. The highest BCUT2D eigenvalue weighted by atomic mass is 16.6. The van der Waals surface area contributed by atoms with E-state index in [1.807, 2.05) is 26.0 Å². The topological polar surface area (TPSA) is 81.3 Å². The molecule has 6 nitrogen and oxygen atoms in total. The maximum atomic E-state index is 12.5. The quantitative estimate of drug-likeness (QED) is 0.553. The summed E-state index contributed by atoms with van der Waals surface area (Å²) >= 11 is 0. The first-order valence-corrected chi connectivity index (χ1v) is 8.95. The number of rotatable bonds is 7. The van der Waals surface area contributed by atoms with Crippen molar-refractivity contribution in [2.75, 3.05) is 6.61 Å². The van der Waals surface area contributed by atoms with Gasteiger partial charge in [0.15, 0.2) is 12.7 Å². The Bertz CT molecular complexity index is 901. The van der Waals surface area contributed by atoms with E-state index in [-0.39, 0.29) is 12.4 Å². The summed E-state index contributed by atoms with van der Waals surface area (Å²) in [5.74, 6) is -0.365. The normalized spacial score (nSPS) is 14.3. The second-order valence-electron chi connectivity index (χ2n) is 6.81. The molecule has 0 unspecified atom stereocenters. The van der Waals surface area contributed by atoms with Crippen molar-refractivity contribution in [3.8, 4) is 11.8 Å². The van der Waals surface area contributed by atoms with Crippen LogP contribution in [-0.2, 0) is 9.53 Å². The van der Waals surface area contributed by atoms with Gasteiger partial charge < -0.3 is 14.0 Å². The highest BCUT2D eigenvalue weighted by molar-refractivity contribution is 5.99. The average Bonchev–Trinajstić information content (AvgIpc) is 3.44. The Morgan fingerprint density at radius 2 is 1.93 bits per heavy atom. The molecule has 1 fully saturated rings. The fourth-order valence-electron chi connectivity index (χ4n) is 3.15. The van der Waals surface area contributed by atoms with Gasteiger partial charge in [0, 0.05) is 23.0 Å². The zero-order valence-corrected chi connectivity index (χ0v) is 15.7. The lowest BCUT2D eigenvalue weighted by atomic mass is 10.1. The molecule has 1 aromatic heterocycles. The molecule has 0 saturated heterocycles. The number of aromatic nitrogens is 1. The van der Waals surface area contributed by atoms with E-state index >= 15 is 0 Å². The Morgan fingerprint density at radius 1 is 1.26 bits per heavy atom. The second kappa shape index (κ2) is 7.67. The number of carbonyl (C=O) groups is 2. The second-order valence-corrected chi connectivity index (χ2v) is 6.81. The molecule has 0 N–H and O–H groups in total. The summed E-state index contributed by atoms with van der Waals surface area (Å²) in [6.07, 6.45) is 1.43. The molecule has 0 aliphatic heterocycles. The van der Waals surface area contributed by atoms with E-state index in [1.165, 1.54) is 0 Å². The summed E-state index contributed by atoms with van der Waals surface area (Å²) in [4.78, 5) is 24.6. The first-order valence-electron chi connectivity index (χ1n) is 8.95. The molecule has 3 rings (SSSR count). The van der Waals surface area contributed by atoms with Crippen LogP contribution >= 0.6 is 0 Å². The summed E-state index contributed by atoms with van der Waals surface area (Å²) < 4.78 is 12.8. The van der Waals surface area contributed by atoms with Gasteiger partial charge >= 0.3 is 5.97 Å². The van der Waals surface area contributed by atoms with E-state index in [2.05, 4.69) is 4.57 Å². The number of aryl methyl sites for hydroxylation is 1. The molecule has 1 aliphatic rings. The summed E-state index contributed by atoms with van der Waals surface area (Å²) in [7, 11) is 0. The molecule has 1 saturated carbocycles. The predicted molar refractivity (Wildman–Crippen MR) is 98.7 cm³/mol. The molecular formula is C21H22N2O4. The van der Waals surface area contributed by atoms with Gasteiger partial charge in [-0.2, -0.15) is 5.26 Å². The zero-order chi connectivity index (χ0) is 19.6. The monoisotopic (exact) mass is 366 g/mol. The van der Waals surface area contributed by atoms with Gasteiger partial charge in [0.25, 0.3) is 0 Å². The van der Waals surface area contributed by atoms with E-state index in [0.717, 1.165) is 24.2 Å². The smallest absolute Gasteiger partial charge is 0.347 e. The number of ether oxygens (including phenoxy) is 2. The molecule has 0 radical (unpaired) electrons. The van der Waals surface area contributed by atoms with Crippen LogP contribution in [0.15, 0.2) is 30.3 Å².